The summed E-state index contributed by atoms with van der Waals surface area (Å²) in [6.45, 7) is 6.55. The number of hydrogen-bond acceptors (Lipinski definition) is 3. The molecule has 0 saturated carbocycles. The second-order valence-electron chi connectivity index (χ2n) is 7.81. The smallest absolute Gasteiger partial charge is 0.245 e. The first-order chi connectivity index (χ1) is 13.5. The van der Waals surface area contributed by atoms with Crippen molar-refractivity contribution < 1.29 is 14.5 Å². The second-order valence-corrected chi connectivity index (χ2v) is 8.24. The molecule has 3 rings (SSSR count). The van der Waals surface area contributed by atoms with Crippen LogP contribution in [0.5, 0.6) is 0 Å². The van der Waals surface area contributed by atoms with Gasteiger partial charge in [0, 0.05) is 24.4 Å². The summed E-state index contributed by atoms with van der Waals surface area (Å²) < 4.78 is 0. The molecule has 0 aromatic heterocycles. The molecule has 3 N–H and O–H groups in total. The summed E-state index contributed by atoms with van der Waals surface area (Å²) in [5.41, 5.74) is 4.80. The minimum absolute atomic E-state index is 0.0118. The fourth-order valence-electron chi connectivity index (χ4n) is 3.68. The van der Waals surface area contributed by atoms with Crippen LogP contribution in [-0.2, 0) is 9.59 Å². The number of hydrazine groups is 1. The van der Waals surface area contributed by atoms with E-state index in [9.17, 15) is 9.59 Å². The molecule has 0 bridgehead atoms. The van der Waals surface area contributed by atoms with Crippen molar-refractivity contribution >= 4 is 29.1 Å². The molecule has 0 aliphatic carbocycles. The van der Waals surface area contributed by atoms with Crippen LogP contribution in [-0.4, -0.2) is 49.5 Å². The third-order valence-electron chi connectivity index (χ3n) is 5.50. The molecule has 0 spiro atoms. The summed E-state index contributed by atoms with van der Waals surface area (Å²) in [4.78, 5) is 26.0. The van der Waals surface area contributed by atoms with Gasteiger partial charge in [0.15, 0.2) is 0 Å². The number of nitrogens with one attached hydrogen (secondary N) is 3. The van der Waals surface area contributed by atoms with E-state index in [1.54, 1.807) is 17.0 Å². The molecule has 1 aromatic rings. The van der Waals surface area contributed by atoms with Crippen molar-refractivity contribution in [3.63, 3.8) is 0 Å². The van der Waals surface area contributed by atoms with E-state index in [1.807, 2.05) is 18.2 Å². The maximum Gasteiger partial charge on any atom is 0.245 e. The molecule has 6 nitrogen and oxygen atoms in total. The molecule has 28 heavy (non-hydrogen) atoms. The van der Waals surface area contributed by atoms with E-state index in [0.29, 0.717) is 11.6 Å². The van der Waals surface area contributed by atoms with Gasteiger partial charge < -0.3 is 10.2 Å². The van der Waals surface area contributed by atoms with Gasteiger partial charge >= 0.3 is 0 Å². The minimum atomic E-state index is -0.138. The molecule has 2 heterocycles. The Morgan fingerprint density at radius 3 is 2.71 bits per heavy atom. The van der Waals surface area contributed by atoms with Crippen molar-refractivity contribution in [1.29, 1.82) is 0 Å². The lowest BCUT2D eigenvalue weighted by atomic mass is 9.99. The quantitative estimate of drug-likeness (QED) is 0.598. The Labute approximate surface area is 171 Å². The van der Waals surface area contributed by atoms with E-state index < -0.39 is 0 Å². The van der Waals surface area contributed by atoms with Gasteiger partial charge in [-0.1, -0.05) is 30.7 Å². The van der Waals surface area contributed by atoms with E-state index in [0.717, 1.165) is 30.1 Å². The number of carbonyl (C=O) groups excluding carboxylic acids is 2. The van der Waals surface area contributed by atoms with Crippen molar-refractivity contribution in [2.75, 3.05) is 32.7 Å². The number of piperidine rings is 1. The van der Waals surface area contributed by atoms with Crippen molar-refractivity contribution in [3.05, 3.63) is 40.9 Å². The van der Waals surface area contributed by atoms with Gasteiger partial charge in [0.1, 0.15) is 6.54 Å². The van der Waals surface area contributed by atoms with Gasteiger partial charge in [-0.3, -0.25) is 15.0 Å². The van der Waals surface area contributed by atoms with Gasteiger partial charge in [0.25, 0.3) is 0 Å². The van der Waals surface area contributed by atoms with Crippen molar-refractivity contribution in [2.45, 2.75) is 32.6 Å². The first kappa shape index (κ1) is 20.7. The molecule has 1 saturated heterocycles. The number of benzene rings is 1. The van der Waals surface area contributed by atoms with E-state index in [1.165, 1.54) is 30.9 Å². The number of rotatable bonds is 7. The molecular formula is C21H30ClN4O2+. The maximum absolute atomic E-state index is 12.3. The summed E-state index contributed by atoms with van der Waals surface area (Å²) in [5.74, 6) is 0.602. The number of likely N-dealkylation sites (tertiary alicyclic amines) is 1. The zero-order chi connectivity index (χ0) is 19.9. The Balaban J connectivity index is 1.40. The van der Waals surface area contributed by atoms with Crippen LogP contribution in [0.1, 0.15) is 38.2 Å². The number of carbonyl (C=O) groups is 2. The van der Waals surface area contributed by atoms with E-state index in [4.69, 9.17) is 11.6 Å². The molecular weight excluding hydrogens is 376 g/mol. The Morgan fingerprint density at radius 2 is 2.00 bits per heavy atom. The van der Waals surface area contributed by atoms with E-state index >= 15 is 0 Å². The Morgan fingerprint density at radius 1 is 1.29 bits per heavy atom. The van der Waals surface area contributed by atoms with E-state index in [2.05, 4.69) is 17.7 Å². The van der Waals surface area contributed by atoms with Gasteiger partial charge in [0.05, 0.1) is 25.3 Å². The summed E-state index contributed by atoms with van der Waals surface area (Å²) >= 11 is 5.93. The average molecular weight is 406 g/mol. The number of halogens is 1. The van der Waals surface area contributed by atoms with Crippen LogP contribution in [0.4, 0.5) is 0 Å². The van der Waals surface area contributed by atoms with Gasteiger partial charge in [-0.15, -0.1) is 0 Å². The molecule has 152 valence electrons. The van der Waals surface area contributed by atoms with Gasteiger partial charge in [-0.2, -0.15) is 0 Å². The standard InChI is InChI=1S/C21H29ClN4O2/c1-16-9-13-25(14-10-16)12-2-11-23-20(27)15-26-21(28)8-7-19(24-26)17-3-5-18(22)6-4-17/h3-7,16,24H,2,8-15H2,1H3,(H,23,27)/p+1. The fourth-order valence-corrected chi connectivity index (χ4v) is 3.80. The molecule has 1 fully saturated rings. The lowest BCUT2D eigenvalue weighted by Crippen LogP contribution is -3.13. The molecule has 0 unspecified atom stereocenters. The Hall–Kier alpha value is -2.05. The highest BCUT2D eigenvalue weighted by atomic mass is 35.5. The van der Waals surface area contributed by atoms with Gasteiger partial charge in [-0.25, -0.2) is 5.01 Å². The summed E-state index contributed by atoms with van der Waals surface area (Å²) in [5, 5.41) is 4.98. The molecule has 1 aromatic carbocycles. The summed E-state index contributed by atoms with van der Waals surface area (Å²) in [6, 6.07) is 7.38. The molecule has 0 radical (unpaired) electrons. The van der Waals surface area contributed by atoms with Crippen LogP contribution >= 0.6 is 11.6 Å². The highest BCUT2D eigenvalue weighted by Crippen LogP contribution is 2.19. The highest BCUT2D eigenvalue weighted by Gasteiger charge is 2.22. The lowest BCUT2D eigenvalue weighted by Gasteiger charge is -2.29. The topological polar surface area (TPSA) is 65.9 Å². The predicted molar refractivity (Wildman–Crippen MR) is 110 cm³/mol. The number of amides is 2. The van der Waals surface area contributed by atoms with E-state index in [-0.39, 0.29) is 24.8 Å². The van der Waals surface area contributed by atoms with Crippen molar-refractivity contribution in [1.82, 2.24) is 15.8 Å². The summed E-state index contributed by atoms with van der Waals surface area (Å²) in [7, 11) is 0. The van der Waals surface area contributed by atoms with Gasteiger partial charge in [0.2, 0.25) is 11.8 Å². The van der Waals surface area contributed by atoms with Crippen molar-refractivity contribution in [2.24, 2.45) is 5.92 Å². The Bertz CT molecular complexity index is 712. The van der Waals surface area contributed by atoms with Gasteiger partial charge in [-0.05, 0) is 42.5 Å². The maximum atomic E-state index is 12.3. The number of hydrogen-bond donors (Lipinski definition) is 3. The van der Waals surface area contributed by atoms with Crippen LogP contribution in [0.25, 0.3) is 5.70 Å². The molecule has 2 amide bonds. The average Bonchev–Trinajstić information content (AvgIpc) is 2.69. The number of nitrogens with zero attached hydrogens (tertiary/aromatic N) is 1. The third-order valence-corrected chi connectivity index (χ3v) is 5.76. The van der Waals surface area contributed by atoms with Crippen LogP contribution in [0, 0.1) is 5.92 Å². The van der Waals surface area contributed by atoms with Crippen LogP contribution in [0.3, 0.4) is 0 Å². The Kier molecular flexibility index (Phi) is 7.34. The first-order valence-corrected chi connectivity index (χ1v) is 10.5. The van der Waals surface area contributed by atoms with Crippen LogP contribution in [0.2, 0.25) is 5.02 Å². The minimum Gasteiger partial charge on any atom is -0.354 e. The molecule has 7 heteroatoms. The highest BCUT2D eigenvalue weighted by molar-refractivity contribution is 6.30. The predicted octanol–water partition coefficient (Wildman–Crippen LogP) is 1.24. The normalized spacial score (nSPS) is 22.4. The third kappa shape index (κ3) is 5.97. The lowest BCUT2D eigenvalue weighted by molar-refractivity contribution is -0.906. The largest absolute Gasteiger partial charge is 0.354 e. The molecule has 2 aliphatic heterocycles. The fraction of sp³-hybridized carbons (Fsp3) is 0.524. The molecule has 2 aliphatic rings. The molecule has 0 atom stereocenters. The number of quaternary nitrogens is 1. The van der Waals surface area contributed by atoms with Crippen LogP contribution < -0.4 is 15.6 Å². The second kappa shape index (κ2) is 9.94. The SMILES string of the molecule is CC1CC[NH+](CCCNC(=O)CN2NC(c3ccc(Cl)cc3)=CCC2=O)CC1. The van der Waals surface area contributed by atoms with Crippen LogP contribution in [0.15, 0.2) is 30.3 Å². The zero-order valence-electron chi connectivity index (χ0n) is 16.5. The first-order valence-electron chi connectivity index (χ1n) is 10.1. The monoisotopic (exact) mass is 405 g/mol. The zero-order valence-corrected chi connectivity index (χ0v) is 17.2. The van der Waals surface area contributed by atoms with Crippen molar-refractivity contribution in [3.8, 4) is 0 Å². The summed E-state index contributed by atoms with van der Waals surface area (Å²) in [6.07, 6.45) is 5.67.